The molecule has 0 aliphatic heterocycles. The SMILES string of the molecule is C1=CCCC1.C[C@H](N)C(=O)O. The van der Waals surface area contributed by atoms with Crippen LogP contribution in [-0.2, 0) is 4.79 Å². The number of rotatable bonds is 1. The van der Waals surface area contributed by atoms with E-state index in [0.717, 1.165) is 0 Å². The Bertz CT molecular complexity index is 135. The van der Waals surface area contributed by atoms with Crippen LogP contribution in [0.15, 0.2) is 12.2 Å². The smallest absolute Gasteiger partial charge is 0.320 e. The van der Waals surface area contributed by atoms with E-state index in [0.29, 0.717) is 0 Å². The van der Waals surface area contributed by atoms with Crippen molar-refractivity contribution >= 4 is 5.97 Å². The Kier molecular flexibility index (Phi) is 5.47. The van der Waals surface area contributed by atoms with Crippen molar-refractivity contribution < 1.29 is 9.90 Å². The van der Waals surface area contributed by atoms with Crippen molar-refractivity contribution in [2.24, 2.45) is 5.73 Å². The fraction of sp³-hybridized carbons (Fsp3) is 0.625. The third-order valence-electron chi connectivity index (χ3n) is 1.30. The number of nitrogens with two attached hydrogens (primary N) is 1. The largest absolute Gasteiger partial charge is 0.480 e. The number of carbonyl (C=O) groups is 1. The average Bonchev–Trinajstić information content (AvgIpc) is 2.41. The Labute approximate surface area is 66.9 Å². The van der Waals surface area contributed by atoms with Crippen LogP contribution in [0.1, 0.15) is 26.2 Å². The van der Waals surface area contributed by atoms with Crippen LogP contribution in [0, 0.1) is 0 Å². The van der Waals surface area contributed by atoms with Crippen LogP contribution in [0.5, 0.6) is 0 Å². The highest BCUT2D eigenvalue weighted by molar-refractivity contribution is 5.72. The van der Waals surface area contributed by atoms with E-state index in [1.54, 1.807) is 0 Å². The maximum absolute atomic E-state index is 9.57. The molecule has 0 fully saturated rings. The molecule has 0 saturated carbocycles. The minimum absolute atomic E-state index is 0.731. The van der Waals surface area contributed by atoms with Gasteiger partial charge in [-0.25, -0.2) is 0 Å². The standard InChI is InChI=1S/C5H8.C3H7NO2/c1-2-4-5-3-1;1-2(4)3(5)6/h1-2H,3-5H2;2H,4H2,1H3,(H,5,6)/t;2-/m.0/s1. The quantitative estimate of drug-likeness (QED) is 0.561. The summed E-state index contributed by atoms with van der Waals surface area (Å²) < 4.78 is 0. The molecule has 1 rings (SSSR count). The van der Waals surface area contributed by atoms with E-state index in [1.807, 2.05) is 0 Å². The highest BCUT2D eigenvalue weighted by atomic mass is 16.4. The predicted octanol–water partition coefficient (Wildman–Crippen LogP) is 1.14. The van der Waals surface area contributed by atoms with E-state index < -0.39 is 12.0 Å². The molecule has 0 spiro atoms. The summed E-state index contributed by atoms with van der Waals surface area (Å²) in [5.41, 5.74) is 4.84. The zero-order valence-electron chi connectivity index (χ0n) is 6.79. The van der Waals surface area contributed by atoms with Gasteiger partial charge in [0.15, 0.2) is 0 Å². The normalized spacial score (nSPS) is 16.9. The van der Waals surface area contributed by atoms with Crippen LogP contribution in [0.3, 0.4) is 0 Å². The highest BCUT2D eigenvalue weighted by Crippen LogP contribution is 2.05. The molecule has 0 aromatic carbocycles. The number of allylic oxidation sites excluding steroid dienone is 2. The minimum Gasteiger partial charge on any atom is -0.480 e. The van der Waals surface area contributed by atoms with Crippen LogP contribution in [-0.4, -0.2) is 17.1 Å². The molecular weight excluding hydrogens is 142 g/mol. The second kappa shape index (κ2) is 5.92. The molecule has 3 N–H and O–H groups in total. The number of hydrogen-bond acceptors (Lipinski definition) is 2. The summed E-state index contributed by atoms with van der Waals surface area (Å²) in [7, 11) is 0. The van der Waals surface area contributed by atoms with Gasteiger partial charge in [-0.2, -0.15) is 0 Å². The summed E-state index contributed by atoms with van der Waals surface area (Å²) in [4.78, 5) is 9.57. The molecule has 0 amide bonds. The fourth-order valence-electron chi connectivity index (χ4n) is 0.589. The van der Waals surface area contributed by atoms with Gasteiger partial charge in [0.05, 0.1) is 0 Å². The van der Waals surface area contributed by atoms with Gasteiger partial charge in [-0.15, -0.1) is 0 Å². The van der Waals surface area contributed by atoms with Crippen LogP contribution in [0.4, 0.5) is 0 Å². The zero-order chi connectivity index (χ0) is 8.69. The van der Waals surface area contributed by atoms with Crippen LogP contribution < -0.4 is 5.73 Å². The molecule has 11 heavy (non-hydrogen) atoms. The lowest BCUT2D eigenvalue weighted by atomic mass is 10.4. The van der Waals surface area contributed by atoms with E-state index in [-0.39, 0.29) is 0 Å². The van der Waals surface area contributed by atoms with Crippen LogP contribution in [0.2, 0.25) is 0 Å². The first-order valence-corrected chi connectivity index (χ1v) is 3.78. The van der Waals surface area contributed by atoms with Crippen LogP contribution >= 0.6 is 0 Å². The van der Waals surface area contributed by atoms with Crippen molar-refractivity contribution in [3.05, 3.63) is 12.2 Å². The second-order valence-corrected chi connectivity index (χ2v) is 2.53. The van der Waals surface area contributed by atoms with E-state index in [1.165, 1.54) is 26.2 Å². The zero-order valence-corrected chi connectivity index (χ0v) is 6.79. The lowest BCUT2D eigenvalue weighted by Gasteiger charge is -1.90. The van der Waals surface area contributed by atoms with Crippen LogP contribution in [0.25, 0.3) is 0 Å². The van der Waals surface area contributed by atoms with Gasteiger partial charge in [0, 0.05) is 0 Å². The van der Waals surface area contributed by atoms with Gasteiger partial charge >= 0.3 is 5.97 Å². The molecule has 0 aromatic heterocycles. The van der Waals surface area contributed by atoms with Gasteiger partial charge in [-0.1, -0.05) is 12.2 Å². The van der Waals surface area contributed by atoms with E-state index in [9.17, 15) is 4.79 Å². The van der Waals surface area contributed by atoms with Crippen molar-refractivity contribution in [3.8, 4) is 0 Å². The third-order valence-corrected chi connectivity index (χ3v) is 1.30. The second-order valence-electron chi connectivity index (χ2n) is 2.53. The van der Waals surface area contributed by atoms with Crippen molar-refractivity contribution in [2.75, 3.05) is 0 Å². The highest BCUT2D eigenvalue weighted by Gasteiger charge is 1.99. The summed E-state index contributed by atoms with van der Waals surface area (Å²) in [6.07, 6.45) is 8.50. The van der Waals surface area contributed by atoms with E-state index in [2.05, 4.69) is 12.2 Å². The molecule has 3 heteroatoms. The fourth-order valence-corrected chi connectivity index (χ4v) is 0.589. The number of carboxylic acid groups (broad SMARTS) is 1. The minimum atomic E-state index is -0.963. The molecule has 1 atom stereocenters. The monoisotopic (exact) mass is 157 g/mol. The molecule has 0 aromatic rings. The predicted molar refractivity (Wildman–Crippen MR) is 44.3 cm³/mol. The first kappa shape index (κ1) is 10.2. The molecule has 3 nitrogen and oxygen atoms in total. The summed E-state index contributed by atoms with van der Waals surface area (Å²) in [6, 6.07) is -0.731. The summed E-state index contributed by atoms with van der Waals surface area (Å²) >= 11 is 0. The molecular formula is C8H15NO2. The lowest BCUT2D eigenvalue weighted by Crippen LogP contribution is -2.25. The van der Waals surface area contributed by atoms with E-state index >= 15 is 0 Å². The average molecular weight is 157 g/mol. The maximum atomic E-state index is 9.57. The van der Waals surface area contributed by atoms with E-state index in [4.69, 9.17) is 10.8 Å². The number of carboxylic acids is 1. The van der Waals surface area contributed by atoms with Crippen molar-refractivity contribution in [2.45, 2.75) is 32.2 Å². The first-order chi connectivity index (χ1) is 5.14. The summed E-state index contributed by atoms with van der Waals surface area (Å²) in [5.74, 6) is -0.963. The Balaban J connectivity index is 0.000000183. The number of hydrogen-bond donors (Lipinski definition) is 2. The van der Waals surface area contributed by atoms with Crippen molar-refractivity contribution in [1.82, 2.24) is 0 Å². The maximum Gasteiger partial charge on any atom is 0.320 e. The van der Waals surface area contributed by atoms with Gasteiger partial charge in [0.2, 0.25) is 0 Å². The van der Waals surface area contributed by atoms with Gasteiger partial charge in [0.25, 0.3) is 0 Å². The Hall–Kier alpha value is -0.830. The summed E-state index contributed by atoms with van der Waals surface area (Å²) in [5, 5.41) is 7.87. The Morgan fingerprint density at radius 3 is 2.00 bits per heavy atom. The first-order valence-electron chi connectivity index (χ1n) is 3.78. The van der Waals surface area contributed by atoms with Gasteiger partial charge < -0.3 is 10.8 Å². The number of aliphatic carboxylic acids is 1. The molecule has 0 bridgehead atoms. The third kappa shape index (κ3) is 7.06. The van der Waals surface area contributed by atoms with Gasteiger partial charge in [-0.05, 0) is 26.2 Å². The molecule has 1 aliphatic carbocycles. The molecule has 0 radical (unpaired) electrons. The topological polar surface area (TPSA) is 63.3 Å². The van der Waals surface area contributed by atoms with Crippen molar-refractivity contribution in [3.63, 3.8) is 0 Å². The summed E-state index contributed by atoms with van der Waals surface area (Å²) in [6.45, 7) is 1.42. The van der Waals surface area contributed by atoms with Gasteiger partial charge in [-0.3, -0.25) is 4.79 Å². The van der Waals surface area contributed by atoms with Gasteiger partial charge in [0.1, 0.15) is 6.04 Å². The molecule has 1 aliphatic rings. The Morgan fingerprint density at radius 2 is 1.91 bits per heavy atom. The Morgan fingerprint density at radius 1 is 1.55 bits per heavy atom. The molecule has 64 valence electrons. The molecule has 0 heterocycles. The lowest BCUT2D eigenvalue weighted by molar-refractivity contribution is -0.138. The molecule has 0 saturated heterocycles. The molecule has 0 unspecified atom stereocenters. The van der Waals surface area contributed by atoms with Crippen molar-refractivity contribution in [1.29, 1.82) is 0 Å².